The van der Waals surface area contributed by atoms with Gasteiger partial charge in [-0.3, -0.25) is 10.1 Å². The molecule has 1 saturated carbocycles. The standard InChI is InChI=1S/C15H23N5O3/c1-18-7-9-19(10-8-18)14-13(20(21)22)15(17-11-16-14)23-12-5-3-2-4-6-12/h11-12H,2-10H2,1H3. The van der Waals surface area contributed by atoms with Crippen molar-refractivity contribution in [2.24, 2.45) is 0 Å². The highest BCUT2D eigenvalue weighted by Gasteiger charge is 2.31. The van der Waals surface area contributed by atoms with Crippen LogP contribution in [-0.4, -0.2) is 59.1 Å². The van der Waals surface area contributed by atoms with Crippen molar-refractivity contribution in [2.75, 3.05) is 38.1 Å². The summed E-state index contributed by atoms with van der Waals surface area (Å²) in [5, 5.41) is 11.6. The molecule has 126 valence electrons. The van der Waals surface area contributed by atoms with Gasteiger partial charge in [-0.2, -0.15) is 4.98 Å². The lowest BCUT2D eigenvalue weighted by Gasteiger charge is -2.32. The van der Waals surface area contributed by atoms with E-state index in [4.69, 9.17) is 4.74 Å². The zero-order chi connectivity index (χ0) is 16.2. The Bertz CT molecular complexity index is 554. The first-order chi connectivity index (χ1) is 11.1. The average Bonchev–Trinajstić information content (AvgIpc) is 2.56. The van der Waals surface area contributed by atoms with Crippen molar-refractivity contribution in [3.63, 3.8) is 0 Å². The second-order valence-corrected chi connectivity index (χ2v) is 6.28. The lowest BCUT2D eigenvalue weighted by molar-refractivity contribution is -0.385. The summed E-state index contributed by atoms with van der Waals surface area (Å²) in [5.74, 6) is 0.495. The summed E-state index contributed by atoms with van der Waals surface area (Å²) in [5.41, 5.74) is -0.0948. The molecule has 1 saturated heterocycles. The minimum atomic E-state index is -0.411. The predicted octanol–water partition coefficient (Wildman–Crippen LogP) is 1.85. The summed E-state index contributed by atoms with van der Waals surface area (Å²) < 4.78 is 5.87. The van der Waals surface area contributed by atoms with Gasteiger partial charge >= 0.3 is 5.69 Å². The second-order valence-electron chi connectivity index (χ2n) is 6.28. The van der Waals surface area contributed by atoms with Crippen molar-refractivity contribution in [2.45, 2.75) is 38.2 Å². The highest BCUT2D eigenvalue weighted by atomic mass is 16.6. The summed E-state index contributed by atoms with van der Waals surface area (Å²) in [7, 11) is 2.04. The van der Waals surface area contributed by atoms with Crippen LogP contribution in [0.1, 0.15) is 32.1 Å². The van der Waals surface area contributed by atoms with Crippen LogP contribution in [0.5, 0.6) is 5.88 Å². The molecule has 1 aliphatic heterocycles. The molecule has 2 aliphatic rings. The van der Waals surface area contributed by atoms with Gasteiger partial charge in [0.2, 0.25) is 5.82 Å². The van der Waals surface area contributed by atoms with Crippen molar-refractivity contribution in [3.05, 3.63) is 16.4 Å². The molecule has 3 rings (SSSR count). The van der Waals surface area contributed by atoms with Gasteiger partial charge in [-0.05, 0) is 32.7 Å². The van der Waals surface area contributed by atoms with E-state index >= 15 is 0 Å². The quantitative estimate of drug-likeness (QED) is 0.618. The van der Waals surface area contributed by atoms with E-state index in [1.165, 1.54) is 12.7 Å². The van der Waals surface area contributed by atoms with Gasteiger partial charge in [0, 0.05) is 26.2 Å². The van der Waals surface area contributed by atoms with E-state index in [9.17, 15) is 10.1 Å². The van der Waals surface area contributed by atoms with E-state index in [1.54, 1.807) is 0 Å². The molecule has 0 N–H and O–H groups in total. The van der Waals surface area contributed by atoms with E-state index in [1.807, 2.05) is 11.9 Å². The van der Waals surface area contributed by atoms with E-state index < -0.39 is 4.92 Å². The first kappa shape index (κ1) is 15.9. The van der Waals surface area contributed by atoms with Gasteiger partial charge in [-0.1, -0.05) is 6.42 Å². The lowest BCUT2D eigenvalue weighted by Crippen LogP contribution is -2.45. The molecule has 8 nitrogen and oxygen atoms in total. The molecule has 0 atom stereocenters. The maximum atomic E-state index is 11.6. The van der Waals surface area contributed by atoms with Crippen LogP contribution in [0.15, 0.2) is 6.33 Å². The predicted molar refractivity (Wildman–Crippen MR) is 85.9 cm³/mol. The smallest absolute Gasteiger partial charge is 0.372 e. The number of piperazine rings is 1. The summed E-state index contributed by atoms with van der Waals surface area (Å²) in [6, 6.07) is 0. The fraction of sp³-hybridized carbons (Fsp3) is 0.733. The number of nitro groups is 1. The zero-order valence-electron chi connectivity index (χ0n) is 13.5. The summed E-state index contributed by atoms with van der Waals surface area (Å²) >= 11 is 0. The van der Waals surface area contributed by atoms with Crippen LogP contribution in [0.3, 0.4) is 0 Å². The first-order valence-corrected chi connectivity index (χ1v) is 8.24. The average molecular weight is 321 g/mol. The number of ether oxygens (including phenoxy) is 1. The molecule has 0 spiro atoms. The van der Waals surface area contributed by atoms with Gasteiger partial charge in [0.15, 0.2) is 0 Å². The highest BCUT2D eigenvalue weighted by molar-refractivity contribution is 5.63. The fourth-order valence-corrected chi connectivity index (χ4v) is 3.19. The van der Waals surface area contributed by atoms with Gasteiger partial charge in [0.25, 0.3) is 5.88 Å². The monoisotopic (exact) mass is 321 g/mol. The summed E-state index contributed by atoms with van der Waals surface area (Å²) in [6.45, 7) is 3.16. The molecular formula is C15H23N5O3. The van der Waals surface area contributed by atoms with Gasteiger partial charge in [-0.25, -0.2) is 4.98 Å². The molecule has 0 unspecified atom stereocenters. The van der Waals surface area contributed by atoms with Crippen molar-refractivity contribution >= 4 is 11.5 Å². The van der Waals surface area contributed by atoms with Crippen LogP contribution in [0.2, 0.25) is 0 Å². The number of hydrogen-bond acceptors (Lipinski definition) is 7. The Labute approximate surface area is 135 Å². The van der Waals surface area contributed by atoms with Crippen LogP contribution < -0.4 is 9.64 Å². The number of anilines is 1. The molecule has 0 bridgehead atoms. The summed E-state index contributed by atoms with van der Waals surface area (Å²) in [4.78, 5) is 23.6. The second kappa shape index (κ2) is 7.08. The fourth-order valence-electron chi connectivity index (χ4n) is 3.19. The largest absolute Gasteiger partial charge is 0.469 e. The van der Waals surface area contributed by atoms with Crippen molar-refractivity contribution in [3.8, 4) is 5.88 Å². The normalized spacial score (nSPS) is 20.5. The Kier molecular flexibility index (Phi) is 4.90. The molecule has 1 aromatic rings. The minimum Gasteiger partial charge on any atom is -0.469 e. The van der Waals surface area contributed by atoms with Gasteiger partial charge in [0.1, 0.15) is 12.4 Å². The molecule has 2 heterocycles. The Morgan fingerprint density at radius 1 is 1.17 bits per heavy atom. The van der Waals surface area contributed by atoms with Crippen LogP contribution in [0, 0.1) is 10.1 Å². The third-order valence-electron chi connectivity index (χ3n) is 4.59. The molecule has 2 fully saturated rings. The maximum Gasteiger partial charge on any atom is 0.372 e. The van der Waals surface area contributed by atoms with Gasteiger partial charge in [-0.15, -0.1) is 0 Å². The van der Waals surface area contributed by atoms with Crippen molar-refractivity contribution in [1.29, 1.82) is 0 Å². The molecule has 1 aromatic heterocycles. The molecule has 1 aliphatic carbocycles. The van der Waals surface area contributed by atoms with E-state index in [0.29, 0.717) is 5.82 Å². The maximum absolute atomic E-state index is 11.6. The molecule has 0 aromatic carbocycles. The van der Waals surface area contributed by atoms with E-state index in [2.05, 4.69) is 14.9 Å². The SMILES string of the molecule is CN1CCN(c2ncnc(OC3CCCCC3)c2[N+](=O)[O-])CC1. The van der Waals surface area contributed by atoms with Crippen LogP contribution in [0.25, 0.3) is 0 Å². The molecule has 0 amide bonds. The van der Waals surface area contributed by atoms with Gasteiger partial charge in [0.05, 0.1) is 4.92 Å². The highest BCUT2D eigenvalue weighted by Crippen LogP contribution is 2.35. The topological polar surface area (TPSA) is 84.6 Å². The Balaban J connectivity index is 1.84. The number of rotatable bonds is 4. The number of hydrogen-bond donors (Lipinski definition) is 0. The lowest BCUT2D eigenvalue weighted by atomic mass is 9.98. The Morgan fingerprint density at radius 2 is 1.87 bits per heavy atom. The molecule has 0 radical (unpaired) electrons. The van der Waals surface area contributed by atoms with Crippen LogP contribution >= 0.6 is 0 Å². The van der Waals surface area contributed by atoms with E-state index in [-0.39, 0.29) is 17.7 Å². The third kappa shape index (κ3) is 3.69. The molecule has 23 heavy (non-hydrogen) atoms. The van der Waals surface area contributed by atoms with E-state index in [0.717, 1.165) is 51.9 Å². The number of aromatic nitrogens is 2. The summed E-state index contributed by atoms with van der Waals surface area (Å²) in [6.07, 6.45) is 6.69. The Hall–Kier alpha value is -1.96. The number of likely N-dealkylation sites (N-methyl/N-ethyl adjacent to an activating group) is 1. The first-order valence-electron chi connectivity index (χ1n) is 8.24. The van der Waals surface area contributed by atoms with Gasteiger partial charge < -0.3 is 14.5 Å². The Morgan fingerprint density at radius 3 is 2.52 bits per heavy atom. The molecule has 8 heteroatoms. The van der Waals surface area contributed by atoms with Crippen molar-refractivity contribution in [1.82, 2.24) is 14.9 Å². The zero-order valence-corrected chi connectivity index (χ0v) is 13.5. The molecular weight excluding hydrogens is 298 g/mol. The minimum absolute atomic E-state index is 0.0256. The number of nitrogens with zero attached hydrogens (tertiary/aromatic N) is 5. The van der Waals surface area contributed by atoms with Crippen LogP contribution in [-0.2, 0) is 0 Å². The van der Waals surface area contributed by atoms with Crippen molar-refractivity contribution < 1.29 is 9.66 Å². The van der Waals surface area contributed by atoms with Crippen LogP contribution in [0.4, 0.5) is 11.5 Å². The third-order valence-corrected chi connectivity index (χ3v) is 4.59.